The monoisotopic (exact) mass is 296 g/mol. The normalized spacial score (nSPS) is 31.9. The van der Waals surface area contributed by atoms with Gasteiger partial charge in [0, 0.05) is 12.6 Å². The Morgan fingerprint density at radius 1 is 1.00 bits per heavy atom. The van der Waals surface area contributed by atoms with E-state index in [1.807, 2.05) is 0 Å². The van der Waals surface area contributed by atoms with Gasteiger partial charge in [-0.2, -0.15) is 0 Å². The predicted octanol–water partition coefficient (Wildman–Crippen LogP) is 3.45. The van der Waals surface area contributed by atoms with E-state index in [1.165, 1.54) is 50.9 Å². The van der Waals surface area contributed by atoms with Crippen molar-refractivity contribution in [2.75, 3.05) is 19.6 Å². The fraction of sp³-hybridized carbons (Fsp3) is 0.600. The van der Waals surface area contributed by atoms with E-state index in [2.05, 4.69) is 52.7 Å². The van der Waals surface area contributed by atoms with Gasteiger partial charge in [-0.05, 0) is 68.6 Å². The number of rotatable bonds is 5. The Bertz CT molecular complexity index is 502. The van der Waals surface area contributed by atoms with Crippen molar-refractivity contribution in [2.24, 2.45) is 17.8 Å². The zero-order valence-electron chi connectivity index (χ0n) is 13.5. The summed E-state index contributed by atoms with van der Waals surface area (Å²) in [6.45, 7) is 4.84. The molecule has 3 atom stereocenters. The minimum absolute atomic E-state index is 0.745. The summed E-state index contributed by atoms with van der Waals surface area (Å²) in [5.74, 6) is 2.71. The molecule has 1 saturated heterocycles. The standard InChI is InChI=1S/C20H28N2/c1-2-4-16(5-3-1)15-22-10-8-20(9-11-22)21-14-19-13-17-6-7-18(19)12-17/h1-7,17-21H,8-15H2/t17-,18+,19+/m1/s1. The maximum absolute atomic E-state index is 3.87. The zero-order chi connectivity index (χ0) is 14.8. The molecule has 1 aromatic rings. The first-order valence-corrected chi connectivity index (χ1v) is 9.05. The Morgan fingerprint density at radius 3 is 2.50 bits per heavy atom. The van der Waals surface area contributed by atoms with E-state index in [0.29, 0.717) is 0 Å². The molecule has 1 aliphatic heterocycles. The molecule has 3 aliphatic rings. The van der Waals surface area contributed by atoms with Crippen LogP contribution in [-0.4, -0.2) is 30.6 Å². The average Bonchev–Trinajstić information content (AvgIpc) is 3.18. The van der Waals surface area contributed by atoms with Crippen molar-refractivity contribution in [3.8, 4) is 0 Å². The van der Waals surface area contributed by atoms with Gasteiger partial charge in [0.25, 0.3) is 0 Å². The molecule has 4 rings (SSSR count). The van der Waals surface area contributed by atoms with E-state index in [4.69, 9.17) is 0 Å². The highest BCUT2D eigenvalue weighted by molar-refractivity contribution is 5.14. The van der Waals surface area contributed by atoms with E-state index in [0.717, 1.165) is 30.3 Å². The molecule has 1 aromatic carbocycles. The summed E-state index contributed by atoms with van der Waals surface area (Å²) in [4.78, 5) is 2.60. The van der Waals surface area contributed by atoms with E-state index < -0.39 is 0 Å². The van der Waals surface area contributed by atoms with Crippen molar-refractivity contribution in [3.63, 3.8) is 0 Å². The molecular formula is C20H28N2. The van der Waals surface area contributed by atoms with Crippen LogP contribution in [0.2, 0.25) is 0 Å². The predicted molar refractivity (Wildman–Crippen MR) is 91.6 cm³/mol. The van der Waals surface area contributed by atoms with E-state index in [-0.39, 0.29) is 0 Å². The van der Waals surface area contributed by atoms with Crippen molar-refractivity contribution in [1.82, 2.24) is 10.2 Å². The molecule has 0 aromatic heterocycles. The van der Waals surface area contributed by atoms with Crippen LogP contribution in [0.5, 0.6) is 0 Å². The van der Waals surface area contributed by atoms with Gasteiger partial charge in [-0.15, -0.1) is 0 Å². The lowest BCUT2D eigenvalue weighted by Gasteiger charge is -2.33. The van der Waals surface area contributed by atoms with Gasteiger partial charge < -0.3 is 5.32 Å². The quantitative estimate of drug-likeness (QED) is 0.837. The number of benzene rings is 1. The molecule has 2 nitrogen and oxygen atoms in total. The van der Waals surface area contributed by atoms with Crippen LogP contribution in [0.1, 0.15) is 31.2 Å². The molecule has 2 fully saturated rings. The van der Waals surface area contributed by atoms with E-state index in [9.17, 15) is 0 Å². The third-order valence-corrected chi connectivity index (χ3v) is 5.92. The van der Waals surface area contributed by atoms with Crippen LogP contribution in [0.25, 0.3) is 0 Å². The molecule has 0 unspecified atom stereocenters. The van der Waals surface area contributed by atoms with Crippen LogP contribution < -0.4 is 5.32 Å². The Labute approximate surface area is 134 Å². The van der Waals surface area contributed by atoms with Gasteiger partial charge in [0.15, 0.2) is 0 Å². The number of allylic oxidation sites excluding steroid dienone is 2. The first-order valence-electron chi connectivity index (χ1n) is 9.05. The molecule has 1 N–H and O–H groups in total. The van der Waals surface area contributed by atoms with Gasteiger partial charge in [-0.25, -0.2) is 0 Å². The van der Waals surface area contributed by atoms with Gasteiger partial charge >= 0.3 is 0 Å². The minimum Gasteiger partial charge on any atom is -0.314 e. The molecule has 1 saturated carbocycles. The maximum atomic E-state index is 3.87. The number of hydrogen-bond acceptors (Lipinski definition) is 2. The second-order valence-corrected chi connectivity index (χ2v) is 7.48. The number of nitrogens with one attached hydrogen (secondary N) is 1. The molecule has 0 spiro atoms. The molecule has 2 heteroatoms. The Balaban J connectivity index is 1.19. The summed E-state index contributed by atoms with van der Waals surface area (Å²) < 4.78 is 0. The van der Waals surface area contributed by atoms with Crippen LogP contribution >= 0.6 is 0 Å². The number of likely N-dealkylation sites (tertiary alicyclic amines) is 1. The summed E-state index contributed by atoms with van der Waals surface area (Å²) in [7, 11) is 0. The van der Waals surface area contributed by atoms with E-state index in [1.54, 1.807) is 0 Å². The fourth-order valence-corrected chi connectivity index (χ4v) is 4.58. The second kappa shape index (κ2) is 6.55. The van der Waals surface area contributed by atoms with Crippen LogP contribution in [0.4, 0.5) is 0 Å². The number of hydrogen-bond donors (Lipinski definition) is 1. The first kappa shape index (κ1) is 14.5. The number of nitrogens with zero attached hydrogens (tertiary/aromatic N) is 1. The first-order chi connectivity index (χ1) is 10.9. The summed E-state index contributed by atoms with van der Waals surface area (Å²) >= 11 is 0. The molecule has 22 heavy (non-hydrogen) atoms. The van der Waals surface area contributed by atoms with Crippen molar-refractivity contribution < 1.29 is 0 Å². The summed E-state index contributed by atoms with van der Waals surface area (Å²) in [5, 5.41) is 3.87. The van der Waals surface area contributed by atoms with Crippen molar-refractivity contribution >= 4 is 0 Å². The molecule has 2 aliphatic carbocycles. The molecular weight excluding hydrogens is 268 g/mol. The highest BCUT2D eigenvalue weighted by Crippen LogP contribution is 2.43. The second-order valence-electron chi connectivity index (χ2n) is 7.48. The lowest BCUT2D eigenvalue weighted by atomic mass is 9.93. The third kappa shape index (κ3) is 3.28. The minimum atomic E-state index is 0.745. The smallest absolute Gasteiger partial charge is 0.0233 e. The summed E-state index contributed by atoms with van der Waals surface area (Å²) in [6.07, 6.45) is 10.4. The Kier molecular flexibility index (Phi) is 4.31. The third-order valence-electron chi connectivity index (χ3n) is 5.92. The molecule has 2 bridgehead atoms. The maximum Gasteiger partial charge on any atom is 0.0233 e. The van der Waals surface area contributed by atoms with Gasteiger partial charge in [0.1, 0.15) is 0 Å². The van der Waals surface area contributed by atoms with Gasteiger partial charge in [0.05, 0.1) is 0 Å². The lowest BCUT2D eigenvalue weighted by Crippen LogP contribution is -2.43. The van der Waals surface area contributed by atoms with Crippen molar-refractivity contribution in [3.05, 3.63) is 48.0 Å². The van der Waals surface area contributed by atoms with Crippen LogP contribution in [-0.2, 0) is 6.54 Å². The Hall–Kier alpha value is -1.12. The van der Waals surface area contributed by atoms with Crippen LogP contribution in [0.15, 0.2) is 42.5 Å². The van der Waals surface area contributed by atoms with Crippen LogP contribution in [0, 0.1) is 17.8 Å². The molecule has 0 radical (unpaired) electrons. The number of fused-ring (bicyclic) bond motifs is 2. The largest absolute Gasteiger partial charge is 0.314 e. The van der Waals surface area contributed by atoms with Crippen molar-refractivity contribution in [2.45, 2.75) is 38.3 Å². The molecule has 1 heterocycles. The van der Waals surface area contributed by atoms with E-state index >= 15 is 0 Å². The van der Waals surface area contributed by atoms with Crippen molar-refractivity contribution in [1.29, 1.82) is 0 Å². The highest BCUT2D eigenvalue weighted by atomic mass is 15.1. The lowest BCUT2D eigenvalue weighted by molar-refractivity contribution is 0.186. The van der Waals surface area contributed by atoms with Gasteiger partial charge in [-0.1, -0.05) is 42.5 Å². The Morgan fingerprint density at radius 2 is 1.82 bits per heavy atom. The highest BCUT2D eigenvalue weighted by Gasteiger charge is 2.35. The molecule has 0 amide bonds. The topological polar surface area (TPSA) is 15.3 Å². The van der Waals surface area contributed by atoms with Gasteiger partial charge in [0.2, 0.25) is 0 Å². The number of piperidine rings is 1. The summed E-state index contributed by atoms with van der Waals surface area (Å²) in [6, 6.07) is 11.6. The SMILES string of the molecule is C1=C[C@H]2C[C@@H]1C[C@H]2CNC1CCN(Cc2ccccc2)CC1. The zero-order valence-corrected chi connectivity index (χ0v) is 13.5. The van der Waals surface area contributed by atoms with Gasteiger partial charge in [-0.3, -0.25) is 4.90 Å². The molecule has 118 valence electrons. The average molecular weight is 296 g/mol. The summed E-state index contributed by atoms with van der Waals surface area (Å²) in [5.41, 5.74) is 1.45. The van der Waals surface area contributed by atoms with Crippen LogP contribution in [0.3, 0.4) is 0 Å². The fourth-order valence-electron chi connectivity index (χ4n) is 4.58.